The van der Waals surface area contributed by atoms with Gasteiger partial charge < -0.3 is 5.73 Å². The molecule has 0 unspecified atom stereocenters. The first-order valence-electron chi connectivity index (χ1n) is 5.73. The Bertz CT molecular complexity index is 616. The maximum atomic E-state index is 12.0. The minimum absolute atomic E-state index is 0.185. The fourth-order valence-corrected chi connectivity index (χ4v) is 2.94. The van der Waals surface area contributed by atoms with Gasteiger partial charge in [-0.1, -0.05) is 24.3 Å². The molecule has 1 aromatic carbocycles. The first-order valence-corrected chi connectivity index (χ1v) is 5.73. The molecule has 3 atom stereocenters. The summed E-state index contributed by atoms with van der Waals surface area (Å²) >= 11 is 0. The Morgan fingerprint density at radius 3 is 2.78 bits per heavy atom. The van der Waals surface area contributed by atoms with Gasteiger partial charge in [-0.3, -0.25) is 4.79 Å². The number of hydrogen-bond acceptors (Lipinski definition) is 4. The summed E-state index contributed by atoms with van der Waals surface area (Å²) in [6.07, 6.45) is 0. The summed E-state index contributed by atoms with van der Waals surface area (Å²) in [6, 6.07) is 9.94. The number of amides is 1. The summed E-state index contributed by atoms with van der Waals surface area (Å²) in [5.41, 5.74) is 9.32. The van der Waals surface area contributed by atoms with E-state index in [9.17, 15) is 10.1 Å². The summed E-state index contributed by atoms with van der Waals surface area (Å²) in [4.78, 5) is 12.0. The second-order valence-corrected chi connectivity index (χ2v) is 4.75. The lowest BCUT2D eigenvalue weighted by Gasteiger charge is -2.08. The van der Waals surface area contributed by atoms with Crippen LogP contribution in [0.15, 0.2) is 29.4 Å². The molecule has 5 heteroatoms. The Labute approximate surface area is 104 Å². The summed E-state index contributed by atoms with van der Waals surface area (Å²) in [5.74, 6) is -0.646. The van der Waals surface area contributed by atoms with Crippen LogP contribution in [0.25, 0.3) is 0 Å². The van der Waals surface area contributed by atoms with E-state index < -0.39 is 11.3 Å². The van der Waals surface area contributed by atoms with Crippen molar-refractivity contribution in [1.82, 2.24) is 5.43 Å². The average Bonchev–Trinajstić information content (AvgIpc) is 2.97. The molecule has 3 rings (SSSR count). The van der Waals surface area contributed by atoms with E-state index in [4.69, 9.17) is 5.73 Å². The zero-order valence-corrected chi connectivity index (χ0v) is 9.84. The van der Waals surface area contributed by atoms with Gasteiger partial charge >= 0.3 is 0 Å². The van der Waals surface area contributed by atoms with Crippen LogP contribution in [0, 0.1) is 29.6 Å². The van der Waals surface area contributed by atoms with Gasteiger partial charge in [0.1, 0.15) is 11.3 Å². The molecule has 18 heavy (non-hydrogen) atoms. The number of carbonyl (C=O) groups excluding carboxylic acids is 1. The maximum absolute atomic E-state index is 12.0. The number of rotatable bonds is 1. The van der Waals surface area contributed by atoms with Gasteiger partial charge in [-0.2, -0.15) is 10.4 Å². The normalized spacial score (nSPS) is 32.9. The molecule has 1 amide bonds. The lowest BCUT2D eigenvalue weighted by molar-refractivity contribution is -0.123. The van der Waals surface area contributed by atoms with Crippen molar-refractivity contribution in [2.24, 2.45) is 22.2 Å². The minimum Gasteiger partial charge on any atom is -0.385 e. The number of hydrogen-bond donors (Lipinski definition) is 2. The lowest BCUT2D eigenvalue weighted by atomic mass is 9.95. The molecule has 0 bridgehead atoms. The van der Waals surface area contributed by atoms with Gasteiger partial charge in [-0.05, 0) is 18.1 Å². The molecule has 5 nitrogen and oxygen atoms in total. The van der Waals surface area contributed by atoms with Crippen LogP contribution in [0.2, 0.25) is 0 Å². The molecule has 0 saturated heterocycles. The fourth-order valence-electron chi connectivity index (χ4n) is 2.94. The molecular weight excluding hydrogens is 228 g/mol. The summed E-state index contributed by atoms with van der Waals surface area (Å²) in [5, 5.41) is 13.0. The third-order valence-corrected chi connectivity index (χ3v) is 3.95. The Balaban J connectivity index is 2.11. The first-order chi connectivity index (χ1) is 8.64. The molecule has 1 spiro atoms. The maximum Gasteiger partial charge on any atom is 0.256 e. The van der Waals surface area contributed by atoms with Crippen LogP contribution in [0.5, 0.6) is 0 Å². The number of amidine groups is 1. The quantitative estimate of drug-likeness (QED) is 0.753. The van der Waals surface area contributed by atoms with Crippen molar-refractivity contribution in [3.8, 4) is 6.07 Å². The zero-order chi connectivity index (χ0) is 12.9. The van der Waals surface area contributed by atoms with Gasteiger partial charge in [0, 0.05) is 5.92 Å². The summed E-state index contributed by atoms with van der Waals surface area (Å²) in [7, 11) is 0. The van der Waals surface area contributed by atoms with Crippen molar-refractivity contribution in [2.45, 2.75) is 12.8 Å². The van der Waals surface area contributed by atoms with Crippen molar-refractivity contribution < 1.29 is 4.79 Å². The second kappa shape index (κ2) is 3.33. The molecular formula is C13H12N4O. The third kappa shape index (κ3) is 1.05. The van der Waals surface area contributed by atoms with Crippen LogP contribution in [0.4, 0.5) is 0 Å². The van der Waals surface area contributed by atoms with Gasteiger partial charge in [0.2, 0.25) is 0 Å². The van der Waals surface area contributed by atoms with Gasteiger partial charge in [-0.15, -0.1) is 0 Å². The van der Waals surface area contributed by atoms with Gasteiger partial charge in [0.25, 0.3) is 5.91 Å². The molecule has 1 saturated carbocycles. The molecule has 2 aliphatic rings. The monoisotopic (exact) mass is 240 g/mol. The molecule has 90 valence electrons. The number of benzene rings is 1. The van der Waals surface area contributed by atoms with Crippen LogP contribution in [0.1, 0.15) is 17.0 Å². The Kier molecular flexibility index (Phi) is 1.99. The molecule has 1 fully saturated rings. The molecule has 0 aromatic heterocycles. The zero-order valence-electron chi connectivity index (χ0n) is 9.84. The van der Waals surface area contributed by atoms with Crippen molar-refractivity contribution in [1.29, 1.82) is 5.26 Å². The van der Waals surface area contributed by atoms with Gasteiger partial charge in [0.15, 0.2) is 0 Å². The van der Waals surface area contributed by atoms with Crippen LogP contribution in [0.3, 0.4) is 0 Å². The van der Waals surface area contributed by atoms with E-state index in [0.29, 0.717) is 0 Å². The van der Waals surface area contributed by atoms with E-state index in [1.165, 1.54) is 0 Å². The van der Waals surface area contributed by atoms with Crippen LogP contribution in [-0.2, 0) is 4.79 Å². The highest BCUT2D eigenvalue weighted by atomic mass is 16.2. The molecule has 1 aliphatic carbocycles. The Morgan fingerprint density at radius 2 is 2.22 bits per heavy atom. The number of nitrogens with one attached hydrogen (secondary N) is 1. The minimum atomic E-state index is -0.944. The SMILES string of the molecule is Cc1ccccc1[C@@H]1[C@H](C#N)[C@@]12C(=O)NN=C2N. The number of carbonyl (C=O) groups is 1. The van der Waals surface area contributed by atoms with E-state index in [2.05, 4.69) is 16.6 Å². The predicted molar refractivity (Wildman–Crippen MR) is 65.2 cm³/mol. The number of nitriles is 1. The largest absolute Gasteiger partial charge is 0.385 e. The average molecular weight is 240 g/mol. The van der Waals surface area contributed by atoms with E-state index in [0.717, 1.165) is 11.1 Å². The number of hydrazone groups is 1. The standard InChI is InChI=1S/C13H12N4O/c1-7-4-2-3-5-8(7)10-9(6-14)13(10)11(15)16-17-12(13)18/h2-5,9-10H,1H3,(H2,15,16)(H,17,18)/t9-,10+,13+/m0/s1. The highest BCUT2D eigenvalue weighted by Gasteiger charge is 2.75. The molecule has 1 heterocycles. The molecule has 0 radical (unpaired) electrons. The van der Waals surface area contributed by atoms with Gasteiger partial charge in [-0.25, -0.2) is 5.43 Å². The van der Waals surface area contributed by atoms with Crippen LogP contribution in [-0.4, -0.2) is 11.7 Å². The van der Waals surface area contributed by atoms with E-state index in [1.54, 1.807) is 0 Å². The van der Waals surface area contributed by atoms with Gasteiger partial charge in [0.05, 0.1) is 12.0 Å². The lowest BCUT2D eigenvalue weighted by Crippen LogP contribution is -2.32. The summed E-state index contributed by atoms with van der Waals surface area (Å²) in [6.45, 7) is 1.97. The number of aryl methyl sites for hydroxylation is 1. The number of nitrogens with two attached hydrogens (primary N) is 1. The molecule has 1 aromatic rings. The highest BCUT2D eigenvalue weighted by molar-refractivity contribution is 6.16. The fraction of sp³-hybridized carbons (Fsp3) is 0.308. The summed E-state index contributed by atoms with van der Waals surface area (Å²) < 4.78 is 0. The van der Waals surface area contributed by atoms with E-state index >= 15 is 0 Å². The molecule has 1 aliphatic heterocycles. The smallest absolute Gasteiger partial charge is 0.256 e. The van der Waals surface area contributed by atoms with Crippen molar-refractivity contribution in [3.63, 3.8) is 0 Å². The van der Waals surface area contributed by atoms with Crippen LogP contribution >= 0.6 is 0 Å². The first kappa shape index (κ1) is 10.8. The Morgan fingerprint density at radius 1 is 1.50 bits per heavy atom. The predicted octanol–water partition coefficient (Wildman–Crippen LogP) is 0.620. The highest BCUT2D eigenvalue weighted by Crippen LogP contribution is 2.66. The van der Waals surface area contributed by atoms with Crippen molar-refractivity contribution >= 4 is 11.7 Å². The second-order valence-electron chi connectivity index (χ2n) is 4.75. The van der Waals surface area contributed by atoms with Crippen LogP contribution < -0.4 is 11.2 Å². The van der Waals surface area contributed by atoms with Crippen molar-refractivity contribution in [3.05, 3.63) is 35.4 Å². The molecule has 3 N–H and O–H groups in total. The van der Waals surface area contributed by atoms with E-state index in [1.807, 2.05) is 31.2 Å². The topological polar surface area (TPSA) is 91.3 Å². The Hall–Kier alpha value is -2.35. The van der Waals surface area contributed by atoms with E-state index in [-0.39, 0.29) is 17.7 Å². The van der Waals surface area contributed by atoms with Crippen molar-refractivity contribution in [2.75, 3.05) is 0 Å². The number of nitrogens with zero attached hydrogens (tertiary/aromatic N) is 2. The third-order valence-electron chi connectivity index (χ3n) is 3.95.